The molecule has 6 heteroatoms. The molecule has 1 unspecified atom stereocenters. The molecule has 2 N–H and O–H groups in total. The van der Waals surface area contributed by atoms with Crippen LogP contribution in [0, 0.1) is 5.92 Å². The SMILES string of the molecule is O=S(=O)(CCC1CCCCN1)NCC1CCSCC1. The van der Waals surface area contributed by atoms with Gasteiger partial charge in [-0.05, 0) is 56.1 Å². The third kappa shape index (κ3) is 6.02. The first kappa shape index (κ1) is 15.6. The molecule has 0 aromatic heterocycles. The fourth-order valence-electron chi connectivity index (χ4n) is 2.74. The average molecular weight is 306 g/mol. The van der Waals surface area contributed by atoms with E-state index < -0.39 is 10.0 Å². The van der Waals surface area contributed by atoms with Crippen LogP contribution < -0.4 is 10.0 Å². The summed E-state index contributed by atoms with van der Waals surface area (Å²) in [7, 11) is -3.08. The van der Waals surface area contributed by atoms with E-state index in [0.29, 0.717) is 18.5 Å². The number of nitrogens with one attached hydrogen (secondary N) is 2. The molecular weight excluding hydrogens is 280 g/mol. The van der Waals surface area contributed by atoms with E-state index in [4.69, 9.17) is 0 Å². The van der Waals surface area contributed by atoms with Gasteiger partial charge in [-0.2, -0.15) is 11.8 Å². The molecule has 1 atom stereocenters. The second-order valence-corrected chi connectivity index (χ2v) is 8.81. The molecule has 2 fully saturated rings. The van der Waals surface area contributed by atoms with Gasteiger partial charge in [0.25, 0.3) is 0 Å². The number of piperidine rings is 1. The lowest BCUT2D eigenvalue weighted by Crippen LogP contribution is -2.38. The summed E-state index contributed by atoms with van der Waals surface area (Å²) in [4.78, 5) is 0. The Bertz CT molecular complexity index is 320. The standard InChI is InChI=1S/C13H26N2O2S2/c16-19(17,10-6-13-3-1-2-7-14-13)15-11-12-4-8-18-9-5-12/h12-15H,1-11H2. The Morgan fingerprint density at radius 3 is 2.63 bits per heavy atom. The summed E-state index contributed by atoms with van der Waals surface area (Å²) in [6.07, 6.45) is 6.62. The Morgan fingerprint density at radius 1 is 1.16 bits per heavy atom. The lowest BCUT2D eigenvalue weighted by Gasteiger charge is -2.24. The van der Waals surface area contributed by atoms with Gasteiger partial charge in [0.1, 0.15) is 0 Å². The average Bonchev–Trinajstić information content (AvgIpc) is 2.46. The van der Waals surface area contributed by atoms with Crippen molar-refractivity contribution in [2.75, 3.05) is 30.3 Å². The predicted molar refractivity (Wildman–Crippen MR) is 82.1 cm³/mol. The molecule has 19 heavy (non-hydrogen) atoms. The van der Waals surface area contributed by atoms with Crippen LogP contribution in [0.25, 0.3) is 0 Å². The highest BCUT2D eigenvalue weighted by molar-refractivity contribution is 7.99. The fourth-order valence-corrected chi connectivity index (χ4v) is 5.17. The fraction of sp³-hybridized carbons (Fsp3) is 1.00. The molecule has 2 heterocycles. The van der Waals surface area contributed by atoms with Crippen LogP contribution in [0.2, 0.25) is 0 Å². The van der Waals surface area contributed by atoms with Gasteiger partial charge in [0, 0.05) is 12.6 Å². The summed E-state index contributed by atoms with van der Waals surface area (Å²) in [5, 5.41) is 3.40. The first-order chi connectivity index (χ1) is 9.16. The Hall–Kier alpha value is 0.220. The van der Waals surface area contributed by atoms with Crippen LogP contribution in [-0.2, 0) is 10.0 Å². The van der Waals surface area contributed by atoms with Gasteiger partial charge in [-0.15, -0.1) is 0 Å². The summed E-state index contributed by atoms with van der Waals surface area (Å²) < 4.78 is 26.7. The molecule has 0 radical (unpaired) electrons. The van der Waals surface area contributed by atoms with E-state index in [1.165, 1.54) is 24.3 Å². The van der Waals surface area contributed by atoms with E-state index in [2.05, 4.69) is 10.0 Å². The van der Waals surface area contributed by atoms with Crippen molar-refractivity contribution < 1.29 is 8.42 Å². The van der Waals surface area contributed by atoms with Crippen LogP contribution in [0.1, 0.15) is 38.5 Å². The summed E-state index contributed by atoms with van der Waals surface area (Å²) in [6.45, 7) is 1.68. The van der Waals surface area contributed by atoms with Gasteiger partial charge >= 0.3 is 0 Å². The van der Waals surface area contributed by atoms with E-state index in [1.807, 2.05) is 11.8 Å². The number of thioether (sulfide) groups is 1. The topological polar surface area (TPSA) is 58.2 Å². The molecule has 2 rings (SSSR count). The molecule has 0 amide bonds. The van der Waals surface area contributed by atoms with E-state index in [9.17, 15) is 8.42 Å². The molecule has 2 aliphatic heterocycles. The highest BCUT2D eigenvalue weighted by atomic mass is 32.2. The third-order valence-corrected chi connectivity index (χ3v) is 6.51. The van der Waals surface area contributed by atoms with Crippen molar-refractivity contribution in [1.82, 2.24) is 10.0 Å². The number of sulfonamides is 1. The van der Waals surface area contributed by atoms with Crippen molar-refractivity contribution >= 4 is 21.8 Å². The van der Waals surface area contributed by atoms with Gasteiger partial charge in [-0.25, -0.2) is 13.1 Å². The molecule has 4 nitrogen and oxygen atoms in total. The van der Waals surface area contributed by atoms with Crippen molar-refractivity contribution in [3.05, 3.63) is 0 Å². The van der Waals surface area contributed by atoms with Crippen molar-refractivity contribution in [2.24, 2.45) is 5.92 Å². The number of rotatable bonds is 6. The number of hydrogen-bond acceptors (Lipinski definition) is 4. The second kappa shape index (κ2) is 7.86. The zero-order chi connectivity index (χ0) is 13.6. The maximum atomic E-state index is 12.0. The maximum absolute atomic E-state index is 12.0. The van der Waals surface area contributed by atoms with Crippen molar-refractivity contribution in [3.63, 3.8) is 0 Å². The summed E-state index contributed by atoms with van der Waals surface area (Å²) in [5.41, 5.74) is 0. The molecule has 0 bridgehead atoms. The normalized spacial score (nSPS) is 26.4. The molecule has 0 aromatic rings. The monoisotopic (exact) mass is 306 g/mol. The van der Waals surface area contributed by atoms with Gasteiger partial charge in [-0.3, -0.25) is 0 Å². The third-order valence-electron chi connectivity index (χ3n) is 4.08. The number of hydrogen-bond donors (Lipinski definition) is 2. The van der Waals surface area contributed by atoms with E-state index in [1.54, 1.807) is 0 Å². The molecule has 0 saturated carbocycles. The highest BCUT2D eigenvalue weighted by Gasteiger charge is 2.19. The van der Waals surface area contributed by atoms with Crippen molar-refractivity contribution in [3.8, 4) is 0 Å². The molecule has 2 saturated heterocycles. The molecule has 0 aliphatic carbocycles. The van der Waals surface area contributed by atoms with Gasteiger partial charge in [0.2, 0.25) is 10.0 Å². The molecule has 2 aliphatic rings. The summed E-state index contributed by atoms with van der Waals surface area (Å²) in [5.74, 6) is 3.17. The van der Waals surface area contributed by atoms with Gasteiger partial charge in [0.05, 0.1) is 5.75 Å². The minimum atomic E-state index is -3.08. The first-order valence-corrected chi connectivity index (χ1v) is 10.2. The minimum Gasteiger partial charge on any atom is -0.314 e. The molecule has 0 spiro atoms. The predicted octanol–water partition coefficient (Wildman–Crippen LogP) is 1.58. The van der Waals surface area contributed by atoms with E-state index >= 15 is 0 Å². The maximum Gasteiger partial charge on any atom is 0.211 e. The smallest absolute Gasteiger partial charge is 0.211 e. The van der Waals surface area contributed by atoms with Crippen LogP contribution in [0.15, 0.2) is 0 Å². The lowest BCUT2D eigenvalue weighted by molar-refractivity contribution is 0.392. The molecule has 112 valence electrons. The Labute approximate surface area is 121 Å². The summed E-state index contributed by atoms with van der Waals surface area (Å²) in [6, 6.07) is 0.399. The Balaban J connectivity index is 1.65. The van der Waals surface area contributed by atoms with Gasteiger partial charge in [0.15, 0.2) is 0 Å². The van der Waals surface area contributed by atoms with Crippen molar-refractivity contribution in [2.45, 2.75) is 44.6 Å². The van der Waals surface area contributed by atoms with Crippen molar-refractivity contribution in [1.29, 1.82) is 0 Å². The first-order valence-electron chi connectivity index (χ1n) is 7.44. The zero-order valence-corrected chi connectivity index (χ0v) is 13.2. The zero-order valence-electron chi connectivity index (χ0n) is 11.6. The Kier molecular flexibility index (Phi) is 6.45. The van der Waals surface area contributed by atoms with Crippen LogP contribution in [0.5, 0.6) is 0 Å². The van der Waals surface area contributed by atoms with Crippen LogP contribution in [-0.4, -0.2) is 44.8 Å². The van der Waals surface area contributed by atoms with Crippen LogP contribution >= 0.6 is 11.8 Å². The molecular formula is C13H26N2O2S2. The van der Waals surface area contributed by atoms with E-state index in [0.717, 1.165) is 32.2 Å². The molecule has 0 aromatic carbocycles. The highest BCUT2D eigenvalue weighted by Crippen LogP contribution is 2.22. The largest absolute Gasteiger partial charge is 0.314 e. The van der Waals surface area contributed by atoms with E-state index in [-0.39, 0.29) is 5.75 Å². The lowest BCUT2D eigenvalue weighted by atomic mass is 10.0. The Morgan fingerprint density at radius 2 is 1.95 bits per heavy atom. The second-order valence-electron chi connectivity index (χ2n) is 5.66. The van der Waals surface area contributed by atoms with Crippen LogP contribution in [0.3, 0.4) is 0 Å². The van der Waals surface area contributed by atoms with Gasteiger partial charge < -0.3 is 5.32 Å². The quantitative estimate of drug-likeness (QED) is 0.782. The van der Waals surface area contributed by atoms with Gasteiger partial charge in [-0.1, -0.05) is 6.42 Å². The summed E-state index contributed by atoms with van der Waals surface area (Å²) >= 11 is 1.98. The van der Waals surface area contributed by atoms with Crippen LogP contribution in [0.4, 0.5) is 0 Å². The minimum absolute atomic E-state index is 0.270.